The Labute approximate surface area is 198 Å². The van der Waals surface area contributed by atoms with Crippen LogP contribution in [-0.4, -0.2) is 23.8 Å². The van der Waals surface area contributed by atoms with E-state index in [-0.39, 0.29) is 5.56 Å². The number of aromatic nitrogens is 4. The number of nitrogens with zero attached hydrogens (tertiary/aromatic N) is 5. The molecule has 170 valence electrons. The van der Waals surface area contributed by atoms with E-state index >= 15 is 0 Å². The third kappa shape index (κ3) is 4.37. The molecule has 8 nitrogen and oxygen atoms in total. The molecule has 0 aliphatic heterocycles. The van der Waals surface area contributed by atoms with E-state index in [9.17, 15) is 20.0 Å². The maximum Gasteiger partial charge on any atom is 0.330 e. The number of rotatable bonds is 7. The molecule has 1 aromatic carbocycles. The van der Waals surface area contributed by atoms with Crippen molar-refractivity contribution in [2.24, 2.45) is 14.1 Å². The first-order valence-electron chi connectivity index (χ1n) is 10.4. The summed E-state index contributed by atoms with van der Waals surface area (Å²) in [5.74, 6) is 0. The second kappa shape index (κ2) is 9.35. The molecule has 0 aliphatic carbocycles. The van der Waals surface area contributed by atoms with Crippen LogP contribution >= 0.6 is 22.9 Å². The van der Waals surface area contributed by atoms with Crippen LogP contribution in [0.5, 0.6) is 0 Å². The second-order valence-corrected chi connectivity index (χ2v) is 9.13. The molecule has 0 saturated carbocycles. The topological polar surface area (TPSA) is 106 Å². The summed E-state index contributed by atoms with van der Waals surface area (Å²) in [7, 11) is 3.10. The van der Waals surface area contributed by atoms with Gasteiger partial charge in [-0.25, -0.2) is 9.78 Å². The van der Waals surface area contributed by atoms with Crippen LogP contribution in [0.25, 0.3) is 22.2 Å². The molecule has 0 fully saturated rings. The normalized spacial score (nSPS) is 12.2. The smallest absolute Gasteiger partial charge is 0.330 e. The highest BCUT2D eigenvalue weighted by atomic mass is 35.5. The summed E-state index contributed by atoms with van der Waals surface area (Å²) in [6.45, 7) is 0.573. The van der Waals surface area contributed by atoms with Gasteiger partial charge in [-0.2, -0.15) is 5.26 Å². The van der Waals surface area contributed by atoms with E-state index in [1.165, 1.54) is 23.0 Å². The lowest BCUT2D eigenvalue weighted by molar-refractivity contribution is 0.162. The highest BCUT2D eigenvalue weighted by Gasteiger charge is 2.20. The Morgan fingerprint density at radius 3 is 2.73 bits per heavy atom. The largest absolute Gasteiger partial charge is 0.386 e. The molecule has 10 heteroatoms. The highest BCUT2D eigenvalue weighted by Crippen LogP contribution is 2.30. The van der Waals surface area contributed by atoms with Gasteiger partial charge in [0, 0.05) is 37.8 Å². The summed E-state index contributed by atoms with van der Waals surface area (Å²) >= 11 is 7.17. The SMILES string of the molecule is Cn1c(=O)c2c(-c3cccc(C#N)c3)n(CCCCC(O)c3nc(Cl)cs3)cc2n(C)c1=O. The maximum absolute atomic E-state index is 13.1. The first kappa shape index (κ1) is 23.0. The Balaban J connectivity index is 1.69. The van der Waals surface area contributed by atoms with Gasteiger partial charge in [0.25, 0.3) is 5.56 Å². The number of unbranched alkanes of at least 4 members (excludes halogenated alkanes) is 1. The van der Waals surface area contributed by atoms with E-state index in [2.05, 4.69) is 11.1 Å². The zero-order valence-electron chi connectivity index (χ0n) is 18.2. The van der Waals surface area contributed by atoms with Gasteiger partial charge < -0.3 is 9.67 Å². The Hall–Kier alpha value is -3.19. The first-order valence-corrected chi connectivity index (χ1v) is 11.7. The van der Waals surface area contributed by atoms with Gasteiger partial charge in [0.2, 0.25) is 0 Å². The number of benzene rings is 1. The lowest BCUT2D eigenvalue weighted by Gasteiger charge is -2.11. The van der Waals surface area contributed by atoms with E-state index < -0.39 is 11.8 Å². The van der Waals surface area contributed by atoms with Crippen molar-refractivity contribution in [3.05, 3.63) is 72.4 Å². The van der Waals surface area contributed by atoms with Crippen molar-refractivity contribution < 1.29 is 5.11 Å². The lowest BCUT2D eigenvalue weighted by Crippen LogP contribution is -2.36. The standard InChI is InChI=1S/C23H22ClN5O3S/c1-27-16-12-29(9-4-3-8-17(30)21-26-18(24)13-33-21)20(15-7-5-6-14(10-15)11-25)19(16)22(31)28(2)23(27)32/h5-7,10,12-13,17,30H,3-4,8-9H2,1-2H3. The fraction of sp³-hybridized carbons (Fsp3) is 0.304. The number of nitriles is 1. The Morgan fingerprint density at radius 1 is 1.24 bits per heavy atom. The van der Waals surface area contributed by atoms with Gasteiger partial charge in [-0.3, -0.25) is 13.9 Å². The van der Waals surface area contributed by atoms with Gasteiger partial charge in [0.05, 0.1) is 28.2 Å². The second-order valence-electron chi connectivity index (χ2n) is 7.85. The number of fused-ring (bicyclic) bond motifs is 1. The van der Waals surface area contributed by atoms with Crippen molar-refractivity contribution in [2.45, 2.75) is 31.9 Å². The van der Waals surface area contributed by atoms with E-state index in [1.807, 2.05) is 16.8 Å². The van der Waals surface area contributed by atoms with Gasteiger partial charge in [0.15, 0.2) is 0 Å². The Kier molecular flexibility index (Phi) is 6.51. The van der Waals surface area contributed by atoms with Crippen LogP contribution in [0, 0.1) is 11.3 Å². The molecule has 1 N–H and O–H groups in total. The maximum atomic E-state index is 13.1. The molecule has 0 saturated heterocycles. The molecule has 33 heavy (non-hydrogen) atoms. The van der Waals surface area contributed by atoms with E-state index in [0.29, 0.717) is 45.3 Å². The molecule has 0 amide bonds. The molecule has 3 heterocycles. The van der Waals surface area contributed by atoms with Crippen molar-refractivity contribution in [3.63, 3.8) is 0 Å². The predicted octanol–water partition coefficient (Wildman–Crippen LogP) is 3.59. The summed E-state index contributed by atoms with van der Waals surface area (Å²) in [5, 5.41) is 22.8. The van der Waals surface area contributed by atoms with Gasteiger partial charge in [-0.1, -0.05) is 23.7 Å². The molecule has 0 bridgehead atoms. The molecule has 0 aliphatic rings. The number of aliphatic hydroxyl groups excluding tert-OH is 1. The quantitative estimate of drug-likeness (QED) is 0.404. The minimum absolute atomic E-state index is 0.375. The average Bonchev–Trinajstić information content (AvgIpc) is 3.43. The summed E-state index contributed by atoms with van der Waals surface area (Å²) in [4.78, 5) is 29.6. The third-order valence-corrected chi connectivity index (χ3v) is 6.95. The van der Waals surface area contributed by atoms with Crippen LogP contribution < -0.4 is 11.2 Å². The molecular weight excluding hydrogens is 462 g/mol. The van der Waals surface area contributed by atoms with E-state index in [4.69, 9.17) is 11.6 Å². The van der Waals surface area contributed by atoms with Crippen LogP contribution in [0.1, 0.15) is 35.9 Å². The van der Waals surface area contributed by atoms with Crippen LogP contribution in [0.2, 0.25) is 5.15 Å². The van der Waals surface area contributed by atoms with Gasteiger partial charge in [-0.05, 0) is 31.4 Å². The fourth-order valence-corrected chi connectivity index (χ4v) is 4.95. The summed E-state index contributed by atoms with van der Waals surface area (Å²) in [6, 6.07) is 9.22. The van der Waals surface area contributed by atoms with Crippen LogP contribution in [0.4, 0.5) is 0 Å². The molecule has 0 radical (unpaired) electrons. The zero-order valence-corrected chi connectivity index (χ0v) is 19.7. The Bertz CT molecular complexity index is 1490. The summed E-state index contributed by atoms with van der Waals surface area (Å²) < 4.78 is 4.51. The van der Waals surface area contributed by atoms with Crippen molar-refractivity contribution in [1.29, 1.82) is 5.26 Å². The average molecular weight is 484 g/mol. The van der Waals surface area contributed by atoms with Gasteiger partial charge >= 0.3 is 5.69 Å². The van der Waals surface area contributed by atoms with Crippen LogP contribution in [0.3, 0.4) is 0 Å². The van der Waals surface area contributed by atoms with Crippen molar-refractivity contribution >= 4 is 33.8 Å². The summed E-state index contributed by atoms with van der Waals surface area (Å²) in [5.41, 5.74) is 1.66. The molecule has 3 aromatic heterocycles. The van der Waals surface area contributed by atoms with E-state index in [1.54, 1.807) is 30.6 Å². The van der Waals surface area contributed by atoms with E-state index in [0.717, 1.165) is 23.0 Å². The third-order valence-electron chi connectivity index (χ3n) is 5.68. The number of halogens is 1. The molecule has 1 unspecified atom stereocenters. The van der Waals surface area contributed by atoms with Crippen LogP contribution in [-0.2, 0) is 20.6 Å². The predicted molar refractivity (Wildman–Crippen MR) is 129 cm³/mol. The molecule has 1 atom stereocenters. The monoisotopic (exact) mass is 483 g/mol. The Morgan fingerprint density at radius 2 is 2.03 bits per heavy atom. The first-order chi connectivity index (χ1) is 15.8. The number of hydrogen-bond donors (Lipinski definition) is 1. The van der Waals surface area contributed by atoms with Gasteiger partial charge in [-0.15, -0.1) is 11.3 Å². The lowest BCUT2D eigenvalue weighted by atomic mass is 10.1. The van der Waals surface area contributed by atoms with Crippen molar-refractivity contribution in [3.8, 4) is 17.3 Å². The molecule has 0 spiro atoms. The number of aliphatic hydroxyl groups is 1. The molecule has 4 aromatic rings. The summed E-state index contributed by atoms with van der Waals surface area (Å²) in [6.07, 6.45) is 3.12. The zero-order chi connectivity index (χ0) is 23.7. The van der Waals surface area contributed by atoms with Crippen molar-refractivity contribution in [1.82, 2.24) is 18.7 Å². The van der Waals surface area contributed by atoms with Crippen molar-refractivity contribution in [2.75, 3.05) is 0 Å². The molecular formula is C23H22ClN5O3S. The van der Waals surface area contributed by atoms with Crippen LogP contribution in [0.15, 0.2) is 45.4 Å². The number of hydrogen-bond acceptors (Lipinski definition) is 6. The van der Waals surface area contributed by atoms with Gasteiger partial charge in [0.1, 0.15) is 16.3 Å². The number of thiazole rings is 1. The highest BCUT2D eigenvalue weighted by molar-refractivity contribution is 7.10. The minimum atomic E-state index is -0.675. The fourth-order valence-electron chi connectivity index (χ4n) is 3.98. The molecule has 4 rings (SSSR count). The minimum Gasteiger partial charge on any atom is -0.386 e. The number of aryl methyl sites for hydroxylation is 2.